The summed E-state index contributed by atoms with van der Waals surface area (Å²) in [5.74, 6) is 0. The molecule has 0 fully saturated rings. The predicted molar refractivity (Wildman–Crippen MR) is 60.9 cm³/mol. The quantitative estimate of drug-likeness (QED) is 0.747. The molecule has 0 aliphatic rings. The van der Waals surface area contributed by atoms with E-state index in [9.17, 15) is 0 Å². The van der Waals surface area contributed by atoms with Crippen LogP contribution in [0.15, 0.2) is 34.7 Å². The fourth-order valence-electron chi connectivity index (χ4n) is 1.04. The molecule has 0 aromatic heterocycles. The summed E-state index contributed by atoms with van der Waals surface area (Å²) in [5, 5.41) is 0. The van der Waals surface area contributed by atoms with Crippen LogP contribution in [0.3, 0.4) is 0 Å². The maximum absolute atomic E-state index is 5.50. The number of hydrogen-bond acceptors (Lipinski definition) is 2. The van der Waals surface area contributed by atoms with Crippen LogP contribution in [0.4, 0.5) is 0 Å². The van der Waals surface area contributed by atoms with Crippen LogP contribution in [-0.2, 0) is 0 Å². The number of rotatable bonds is 3. The Morgan fingerprint density at radius 2 is 2.00 bits per heavy atom. The number of hydrogen-bond donors (Lipinski definition) is 1. The predicted octanol–water partition coefficient (Wildman–Crippen LogP) is 2.77. The van der Waals surface area contributed by atoms with Crippen LogP contribution in [-0.4, -0.2) is 12.8 Å². The highest BCUT2D eigenvalue weighted by molar-refractivity contribution is 7.98. The smallest absolute Gasteiger partial charge is 0.0137 e. The van der Waals surface area contributed by atoms with Gasteiger partial charge in [-0.1, -0.05) is 23.8 Å². The molecule has 0 radical (unpaired) electrons. The van der Waals surface area contributed by atoms with Gasteiger partial charge in [-0.25, -0.2) is 0 Å². The molecule has 0 aliphatic heterocycles. The molecule has 0 atom stereocenters. The van der Waals surface area contributed by atoms with E-state index in [0.29, 0.717) is 6.54 Å². The fourth-order valence-corrected chi connectivity index (χ4v) is 1.45. The lowest BCUT2D eigenvalue weighted by Crippen LogP contribution is -1.99. The van der Waals surface area contributed by atoms with Crippen molar-refractivity contribution in [2.45, 2.75) is 11.8 Å². The summed E-state index contributed by atoms with van der Waals surface area (Å²) in [4.78, 5) is 1.29. The fraction of sp³-hybridized carbons (Fsp3) is 0.273. The third-order valence-electron chi connectivity index (χ3n) is 1.85. The van der Waals surface area contributed by atoms with E-state index in [1.54, 1.807) is 11.8 Å². The Morgan fingerprint density at radius 3 is 2.46 bits per heavy atom. The van der Waals surface area contributed by atoms with Gasteiger partial charge in [0.25, 0.3) is 0 Å². The molecule has 0 unspecified atom stereocenters. The third kappa shape index (κ3) is 3.25. The van der Waals surface area contributed by atoms with E-state index in [2.05, 4.69) is 36.6 Å². The largest absolute Gasteiger partial charge is 0.327 e. The average Bonchev–Trinajstić information content (AvgIpc) is 2.19. The van der Waals surface area contributed by atoms with E-state index in [4.69, 9.17) is 5.73 Å². The van der Waals surface area contributed by atoms with Gasteiger partial charge in [0.2, 0.25) is 0 Å². The van der Waals surface area contributed by atoms with Crippen LogP contribution in [0.2, 0.25) is 0 Å². The number of thioether (sulfide) groups is 1. The van der Waals surface area contributed by atoms with Crippen molar-refractivity contribution in [3.8, 4) is 0 Å². The summed E-state index contributed by atoms with van der Waals surface area (Å²) in [7, 11) is 0. The zero-order valence-corrected chi connectivity index (χ0v) is 8.90. The molecule has 1 aromatic rings. The minimum Gasteiger partial charge on any atom is -0.327 e. The van der Waals surface area contributed by atoms with E-state index >= 15 is 0 Å². The topological polar surface area (TPSA) is 26.0 Å². The Hall–Kier alpha value is -0.730. The van der Waals surface area contributed by atoms with Gasteiger partial charge in [-0.05, 0) is 30.9 Å². The maximum Gasteiger partial charge on any atom is 0.0137 e. The van der Waals surface area contributed by atoms with Gasteiger partial charge >= 0.3 is 0 Å². The normalized spacial score (nSPS) is 11.8. The molecule has 0 aliphatic carbocycles. The molecule has 0 heterocycles. The van der Waals surface area contributed by atoms with Gasteiger partial charge in [-0.2, -0.15) is 0 Å². The van der Waals surface area contributed by atoms with Gasteiger partial charge < -0.3 is 5.73 Å². The summed E-state index contributed by atoms with van der Waals surface area (Å²) >= 11 is 1.76. The highest BCUT2D eigenvalue weighted by atomic mass is 32.2. The first-order valence-electron chi connectivity index (χ1n) is 4.27. The van der Waals surface area contributed by atoms with Crippen molar-refractivity contribution < 1.29 is 0 Å². The molecule has 70 valence electrons. The molecule has 1 aromatic carbocycles. The van der Waals surface area contributed by atoms with Crippen molar-refractivity contribution >= 4 is 17.8 Å². The monoisotopic (exact) mass is 193 g/mol. The molecule has 0 bridgehead atoms. The Morgan fingerprint density at radius 1 is 1.38 bits per heavy atom. The van der Waals surface area contributed by atoms with Crippen LogP contribution in [0, 0.1) is 0 Å². The number of nitrogens with two attached hydrogens (primary N) is 1. The van der Waals surface area contributed by atoms with Crippen molar-refractivity contribution in [3.63, 3.8) is 0 Å². The molecular weight excluding hydrogens is 178 g/mol. The van der Waals surface area contributed by atoms with Gasteiger partial charge in [-0.3, -0.25) is 0 Å². The van der Waals surface area contributed by atoms with Gasteiger partial charge in [0.15, 0.2) is 0 Å². The Bertz CT molecular complexity index is 287. The zero-order valence-electron chi connectivity index (χ0n) is 8.08. The lowest BCUT2D eigenvalue weighted by molar-refractivity contribution is 1.15. The van der Waals surface area contributed by atoms with E-state index in [1.807, 2.05) is 6.92 Å². The summed E-state index contributed by atoms with van der Waals surface area (Å²) in [6.07, 6.45) is 4.19. The van der Waals surface area contributed by atoms with Gasteiger partial charge in [-0.15, -0.1) is 11.8 Å². The van der Waals surface area contributed by atoms with E-state index in [0.717, 1.165) is 0 Å². The zero-order chi connectivity index (χ0) is 9.68. The van der Waals surface area contributed by atoms with E-state index in [1.165, 1.54) is 16.0 Å². The first-order valence-corrected chi connectivity index (χ1v) is 5.50. The number of benzene rings is 1. The standard InChI is InChI=1S/C11H15NS/c1-9(8-12)7-10-3-5-11(13-2)6-4-10/h3-7H,8,12H2,1-2H3. The molecule has 13 heavy (non-hydrogen) atoms. The Labute approximate surface area is 84.0 Å². The molecule has 2 heteroatoms. The van der Waals surface area contributed by atoms with Crippen LogP contribution >= 0.6 is 11.8 Å². The third-order valence-corrected chi connectivity index (χ3v) is 2.59. The Kier molecular flexibility index (Phi) is 4.06. The lowest BCUT2D eigenvalue weighted by atomic mass is 10.1. The summed E-state index contributed by atoms with van der Waals surface area (Å²) in [5.41, 5.74) is 7.93. The van der Waals surface area contributed by atoms with Crippen LogP contribution < -0.4 is 5.73 Å². The summed E-state index contributed by atoms with van der Waals surface area (Å²) < 4.78 is 0. The first kappa shape index (κ1) is 10.4. The van der Waals surface area contributed by atoms with Crippen molar-refractivity contribution in [1.29, 1.82) is 0 Å². The maximum atomic E-state index is 5.50. The molecule has 1 rings (SSSR count). The first-order chi connectivity index (χ1) is 6.26. The molecule has 2 N–H and O–H groups in total. The van der Waals surface area contributed by atoms with Crippen LogP contribution in [0.25, 0.3) is 6.08 Å². The Balaban J connectivity index is 2.80. The second-order valence-corrected chi connectivity index (χ2v) is 3.85. The molecule has 0 amide bonds. The van der Waals surface area contributed by atoms with Crippen molar-refractivity contribution in [2.75, 3.05) is 12.8 Å². The summed E-state index contributed by atoms with van der Waals surface area (Å²) in [6, 6.07) is 8.48. The highest BCUT2D eigenvalue weighted by Gasteiger charge is 1.90. The van der Waals surface area contributed by atoms with Crippen molar-refractivity contribution in [1.82, 2.24) is 0 Å². The van der Waals surface area contributed by atoms with Crippen LogP contribution in [0.1, 0.15) is 12.5 Å². The summed E-state index contributed by atoms with van der Waals surface area (Å²) in [6.45, 7) is 2.67. The molecule has 0 saturated heterocycles. The second kappa shape index (κ2) is 5.10. The molecule has 0 saturated carbocycles. The average molecular weight is 193 g/mol. The minimum absolute atomic E-state index is 0.629. The van der Waals surface area contributed by atoms with Gasteiger partial charge in [0.05, 0.1) is 0 Å². The van der Waals surface area contributed by atoms with E-state index in [-0.39, 0.29) is 0 Å². The van der Waals surface area contributed by atoms with Gasteiger partial charge in [0.1, 0.15) is 0 Å². The molecule has 0 spiro atoms. The van der Waals surface area contributed by atoms with Gasteiger partial charge in [0, 0.05) is 11.4 Å². The highest BCUT2D eigenvalue weighted by Crippen LogP contribution is 2.16. The molecular formula is C11H15NS. The molecule has 1 nitrogen and oxygen atoms in total. The lowest BCUT2D eigenvalue weighted by Gasteiger charge is -1.99. The second-order valence-electron chi connectivity index (χ2n) is 2.97. The SMILES string of the molecule is CSc1ccc(C=C(C)CN)cc1. The van der Waals surface area contributed by atoms with E-state index < -0.39 is 0 Å². The van der Waals surface area contributed by atoms with Crippen LogP contribution in [0.5, 0.6) is 0 Å². The minimum atomic E-state index is 0.629. The van der Waals surface area contributed by atoms with Crippen molar-refractivity contribution in [2.24, 2.45) is 5.73 Å². The van der Waals surface area contributed by atoms with Crippen molar-refractivity contribution in [3.05, 3.63) is 35.4 Å².